The number of benzene rings is 2. The average molecular weight is 316 g/mol. The smallest absolute Gasteiger partial charge is 0.126 e. The van der Waals surface area contributed by atoms with Gasteiger partial charge in [-0.15, -0.1) is 5.23 Å². The Morgan fingerprint density at radius 1 is 1.00 bits per heavy atom. The van der Waals surface area contributed by atoms with Crippen molar-refractivity contribution in [3.05, 3.63) is 63.5 Å². The Kier molecular flexibility index (Phi) is 5.20. The van der Waals surface area contributed by atoms with Crippen LogP contribution in [0, 0.1) is 17.3 Å². The SMILES string of the molecule is COc1ccccc1C=Cc1cc(C)c(N(O)O)cc1N([O-])[O-]. The standard InChI is InChI=1S/C16H16N2O5/c1-11-9-13(15(18(21)22)10-14(11)17(19)20)8-7-12-5-3-4-6-16(12)23-2/h3-10,19-20H,1-2H3/q-2. The second kappa shape index (κ2) is 7.12. The van der Waals surface area contributed by atoms with Crippen molar-refractivity contribution >= 4 is 23.5 Å². The Balaban J connectivity index is 2.46. The third-order valence-corrected chi connectivity index (χ3v) is 3.34. The lowest BCUT2D eigenvalue weighted by Gasteiger charge is -2.39. The van der Waals surface area contributed by atoms with Crippen molar-refractivity contribution in [2.24, 2.45) is 0 Å². The largest absolute Gasteiger partial charge is 0.769 e. The van der Waals surface area contributed by atoms with Crippen molar-refractivity contribution in [2.75, 3.05) is 17.6 Å². The molecule has 0 unspecified atom stereocenters. The van der Waals surface area contributed by atoms with E-state index in [1.165, 1.54) is 6.07 Å². The molecular weight excluding hydrogens is 300 g/mol. The Hall–Kier alpha value is -2.58. The van der Waals surface area contributed by atoms with Crippen LogP contribution in [0.3, 0.4) is 0 Å². The predicted octanol–water partition coefficient (Wildman–Crippen LogP) is 3.56. The highest BCUT2D eigenvalue weighted by atomic mass is 16.8. The zero-order chi connectivity index (χ0) is 17.0. The number of anilines is 2. The first-order valence-electron chi connectivity index (χ1n) is 6.72. The quantitative estimate of drug-likeness (QED) is 0.642. The minimum atomic E-state index is -0.575. The molecule has 7 nitrogen and oxygen atoms in total. The molecule has 2 N–H and O–H groups in total. The van der Waals surface area contributed by atoms with Crippen molar-refractivity contribution < 1.29 is 15.2 Å². The van der Waals surface area contributed by atoms with Crippen LogP contribution in [-0.4, -0.2) is 17.5 Å². The molecule has 0 amide bonds. The summed E-state index contributed by atoms with van der Waals surface area (Å²) in [4.78, 5) is 0. The lowest BCUT2D eigenvalue weighted by Crippen LogP contribution is -2.14. The molecule has 0 aliphatic rings. The van der Waals surface area contributed by atoms with Crippen molar-refractivity contribution in [2.45, 2.75) is 6.92 Å². The second-order valence-corrected chi connectivity index (χ2v) is 4.82. The Morgan fingerprint density at radius 2 is 1.65 bits per heavy atom. The van der Waals surface area contributed by atoms with Gasteiger partial charge in [-0.05, 0) is 36.2 Å². The van der Waals surface area contributed by atoms with E-state index in [1.807, 2.05) is 18.2 Å². The van der Waals surface area contributed by atoms with Gasteiger partial charge in [-0.2, -0.15) is 0 Å². The topological polar surface area (TPSA) is 102 Å². The zero-order valence-electron chi connectivity index (χ0n) is 12.6. The number of ether oxygens (including phenoxy) is 1. The first-order chi connectivity index (χ1) is 10.9. The first kappa shape index (κ1) is 16.8. The summed E-state index contributed by atoms with van der Waals surface area (Å²) in [7, 11) is 1.55. The summed E-state index contributed by atoms with van der Waals surface area (Å²) < 4.78 is 5.23. The molecule has 0 fully saturated rings. The molecule has 2 aromatic rings. The van der Waals surface area contributed by atoms with E-state index in [4.69, 9.17) is 15.2 Å². The molecule has 2 rings (SSSR count). The maximum atomic E-state index is 11.2. The Bertz CT molecular complexity index is 714. The molecule has 0 aliphatic carbocycles. The summed E-state index contributed by atoms with van der Waals surface area (Å²) in [6.07, 6.45) is 3.29. The van der Waals surface area contributed by atoms with Crippen molar-refractivity contribution in [3.63, 3.8) is 0 Å². The van der Waals surface area contributed by atoms with Gasteiger partial charge in [0.25, 0.3) is 0 Å². The molecule has 122 valence electrons. The fourth-order valence-electron chi connectivity index (χ4n) is 2.20. The third-order valence-electron chi connectivity index (χ3n) is 3.34. The van der Waals surface area contributed by atoms with Crippen LogP contribution in [-0.2, 0) is 0 Å². The summed E-state index contributed by atoms with van der Waals surface area (Å²) in [5, 5.41) is 39.9. The van der Waals surface area contributed by atoms with E-state index in [9.17, 15) is 10.4 Å². The molecule has 0 radical (unpaired) electrons. The number of rotatable bonds is 5. The highest BCUT2D eigenvalue weighted by molar-refractivity contribution is 5.81. The van der Waals surface area contributed by atoms with E-state index in [1.54, 1.807) is 32.3 Å². The van der Waals surface area contributed by atoms with Crippen LogP contribution < -0.4 is 15.2 Å². The van der Waals surface area contributed by atoms with Crippen LogP contribution in [0.4, 0.5) is 11.4 Å². The molecule has 0 atom stereocenters. The van der Waals surface area contributed by atoms with E-state index in [0.717, 1.165) is 11.6 Å². The third kappa shape index (κ3) is 3.79. The molecule has 0 aliphatic heterocycles. The Labute approximate surface area is 133 Å². The van der Waals surface area contributed by atoms with Crippen molar-refractivity contribution in [1.29, 1.82) is 0 Å². The highest BCUT2D eigenvalue weighted by Gasteiger charge is 2.09. The minimum Gasteiger partial charge on any atom is -0.769 e. The van der Waals surface area contributed by atoms with Crippen LogP contribution in [0.2, 0.25) is 0 Å². The van der Waals surface area contributed by atoms with Crippen molar-refractivity contribution in [3.8, 4) is 5.75 Å². The lowest BCUT2D eigenvalue weighted by atomic mass is 10.1. The fraction of sp³-hybridized carbons (Fsp3) is 0.125. The summed E-state index contributed by atoms with van der Waals surface area (Å²) in [6.45, 7) is 1.62. The first-order valence-corrected chi connectivity index (χ1v) is 6.72. The number of aryl methyl sites for hydroxylation is 1. The van der Waals surface area contributed by atoms with Crippen molar-refractivity contribution in [1.82, 2.24) is 0 Å². The summed E-state index contributed by atoms with van der Waals surface area (Å²) in [6, 6.07) is 9.90. The van der Waals surface area contributed by atoms with Gasteiger partial charge < -0.3 is 20.4 Å². The van der Waals surface area contributed by atoms with Crippen LogP contribution in [0.15, 0.2) is 36.4 Å². The normalized spacial score (nSPS) is 10.9. The number of hydrogen-bond donors (Lipinski definition) is 2. The van der Waals surface area contributed by atoms with Gasteiger partial charge in [0, 0.05) is 11.3 Å². The summed E-state index contributed by atoms with van der Waals surface area (Å²) >= 11 is 0. The molecule has 0 saturated heterocycles. The molecule has 7 heteroatoms. The molecule has 0 aromatic heterocycles. The predicted molar refractivity (Wildman–Crippen MR) is 88.4 cm³/mol. The number of methoxy groups -OCH3 is 1. The number of para-hydroxylation sites is 1. The monoisotopic (exact) mass is 316 g/mol. The van der Waals surface area contributed by atoms with Gasteiger partial charge in [-0.3, -0.25) is 10.4 Å². The lowest BCUT2D eigenvalue weighted by molar-refractivity contribution is 0.0288. The molecule has 0 spiro atoms. The maximum absolute atomic E-state index is 11.2. The fourth-order valence-corrected chi connectivity index (χ4v) is 2.20. The van der Waals surface area contributed by atoms with Crippen LogP contribution in [0.25, 0.3) is 12.2 Å². The van der Waals surface area contributed by atoms with Gasteiger partial charge in [0.05, 0.1) is 12.8 Å². The highest BCUT2D eigenvalue weighted by Crippen LogP contribution is 2.31. The van der Waals surface area contributed by atoms with E-state index in [2.05, 4.69) is 0 Å². The Morgan fingerprint density at radius 3 is 2.26 bits per heavy atom. The minimum absolute atomic E-state index is 0.0499. The van der Waals surface area contributed by atoms with Crippen LogP contribution in [0.5, 0.6) is 5.75 Å². The van der Waals surface area contributed by atoms with Crippen LogP contribution in [0.1, 0.15) is 16.7 Å². The van der Waals surface area contributed by atoms with Crippen LogP contribution >= 0.6 is 0 Å². The summed E-state index contributed by atoms with van der Waals surface area (Å²) in [5.41, 5.74) is 1.33. The second-order valence-electron chi connectivity index (χ2n) is 4.82. The maximum Gasteiger partial charge on any atom is 0.126 e. The van der Waals surface area contributed by atoms with Gasteiger partial charge in [0.2, 0.25) is 0 Å². The van der Waals surface area contributed by atoms with E-state index < -0.39 is 5.23 Å². The van der Waals surface area contributed by atoms with Gasteiger partial charge in [0.1, 0.15) is 5.75 Å². The van der Waals surface area contributed by atoms with Gasteiger partial charge in [-0.25, -0.2) is 0 Å². The number of hydrogen-bond acceptors (Lipinski definition) is 7. The molecule has 0 heterocycles. The van der Waals surface area contributed by atoms with E-state index in [-0.39, 0.29) is 16.6 Å². The molecule has 2 aromatic carbocycles. The van der Waals surface area contributed by atoms with E-state index in [0.29, 0.717) is 16.9 Å². The molecule has 23 heavy (non-hydrogen) atoms. The van der Waals surface area contributed by atoms with Gasteiger partial charge in [-0.1, -0.05) is 30.4 Å². The van der Waals surface area contributed by atoms with E-state index >= 15 is 0 Å². The van der Waals surface area contributed by atoms with Gasteiger partial charge >= 0.3 is 0 Å². The number of nitrogens with zero attached hydrogens (tertiary/aromatic N) is 2. The molecule has 0 saturated carbocycles. The zero-order valence-corrected chi connectivity index (χ0v) is 12.6. The van der Waals surface area contributed by atoms with Gasteiger partial charge in [0.15, 0.2) is 0 Å². The average Bonchev–Trinajstić information content (AvgIpc) is 2.52. The summed E-state index contributed by atoms with van der Waals surface area (Å²) in [5.74, 6) is 0.650. The molecule has 0 bridgehead atoms. The molecular formula is C16H16N2O5-2.